The van der Waals surface area contributed by atoms with E-state index >= 15 is 0 Å². The van der Waals surface area contributed by atoms with Crippen molar-refractivity contribution in [1.82, 2.24) is 10.6 Å². The van der Waals surface area contributed by atoms with Crippen molar-refractivity contribution in [3.8, 4) is 0 Å². The van der Waals surface area contributed by atoms with Gasteiger partial charge in [0.1, 0.15) is 0 Å². The lowest BCUT2D eigenvalue weighted by Gasteiger charge is -2.13. The maximum Gasteiger partial charge on any atom is 0.273 e. The summed E-state index contributed by atoms with van der Waals surface area (Å²) in [5.41, 5.74) is 0.521. The van der Waals surface area contributed by atoms with Gasteiger partial charge in [-0.05, 0) is 26.3 Å². The predicted molar refractivity (Wildman–Crippen MR) is 82.7 cm³/mol. The quantitative estimate of drug-likeness (QED) is 0.593. The molecule has 0 heterocycles. The Morgan fingerprint density at radius 1 is 1.36 bits per heavy atom. The van der Waals surface area contributed by atoms with Gasteiger partial charge in [0.15, 0.2) is 0 Å². The van der Waals surface area contributed by atoms with Gasteiger partial charge in [0.05, 0.1) is 11.5 Å². The Labute approximate surface area is 129 Å². The molecule has 0 bridgehead atoms. The zero-order valence-electron chi connectivity index (χ0n) is 13.0. The third kappa shape index (κ3) is 5.16. The molecule has 2 amide bonds. The highest BCUT2D eigenvalue weighted by atomic mass is 16.6. The SMILES string of the molecule is CCCC(C)NC(=O)CNC(=O)c1ccc(C)c([N+](=O)[O-])c1. The second-order valence-electron chi connectivity index (χ2n) is 5.20. The highest BCUT2D eigenvalue weighted by molar-refractivity contribution is 5.97. The summed E-state index contributed by atoms with van der Waals surface area (Å²) in [6.07, 6.45) is 1.82. The minimum atomic E-state index is -0.536. The Kier molecular flexibility index (Phi) is 6.49. The van der Waals surface area contributed by atoms with Crippen LogP contribution in [0.4, 0.5) is 5.69 Å². The molecule has 0 aromatic heterocycles. The summed E-state index contributed by atoms with van der Waals surface area (Å²) in [5, 5.41) is 16.1. The van der Waals surface area contributed by atoms with E-state index in [0.29, 0.717) is 5.56 Å². The Morgan fingerprint density at radius 3 is 2.64 bits per heavy atom. The summed E-state index contributed by atoms with van der Waals surface area (Å²) in [6.45, 7) is 5.36. The average molecular weight is 307 g/mol. The first-order chi connectivity index (χ1) is 10.3. The van der Waals surface area contributed by atoms with Crippen LogP contribution in [0.1, 0.15) is 42.6 Å². The minimum Gasteiger partial charge on any atom is -0.352 e. The van der Waals surface area contributed by atoms with Crippen molar-refractivity contribution in [1.29, 1.82) is 0 Å². The largest absolute Gasteiger partial charge is 0.352 e. The first kappa shape index (κ1) is 17.6. The molecule has 1 rings (SSSR count). The van der Waals surface area contributed by atoms with Crippen molar-refractivity contribution in [3.05, 3.63) is 39.4 Å². The highest BCUT2D eigenvalue weighted by Crippen LogP contribution is 2.19. The van der Waals surface area contributed by atoms with Gasteiger partial charge in [0, 0.05) is 23.2 Å². The van der Waals surface area contributed by atoms with E-state index in [1.807, 2.05) is 13.8 Å². The normalized spacial score (nSPS) is 11.6. The molecule has 0 saturated heterocycles. The van der Waals surface area contributed by atoms with Crippen LogP contribution in [0.3, 0.4) is 0 Å². The van der Waals surface area contributed by atoms with Crippen LogP contribution in [-0.4, -0.2) is 29.3 Å². The second kappa shape index (κ2) is 8.11. The standard InChI is InChI=1S/C15H21N3O4/c1-4-5-11(3)17-14(19)9-16-15(20)12-7-6-10(2)13(8-12)18(21)22/h6-8,11H,4-5,9H2,1-3H3,(H,16,20)(H,17,19). The van der Waals surface area contributed by atoms with Gasteiger partial charge in [0.2, 0.25) is 5.91 Å². The van der Waals surface area contributed by atoms with Crippen LogP contribution in [0.2, 0.25) is 0 Å². The number of hydrogen-bond acceptors (Lipinski definition) is 4. The summed E-state index contributed by atoms with van der Waals surface area (Å²) in [5.74, 6) is -0.794. The van der Waals surface area contributed by atoms with E-state index in [1.54, 1.807) is 6.92 Å². The van der Waals surface area contributed by atoms with Gasteiger partial charge in [-0.3, -0.25) is 19.7 Å². The number of nitrogens with zero attached hydrogens (tertiary/aromatic N) is 1. The van der Waals surface area contributed by atoms with Crippen molar-refractivity contribution in [3.63, 3.8) is 0 Å². The van der Waals surface area contributed by atoms with Crippen LogP contribution in [0.15, 0.2) is 18.2 Å². The second-order valence-corrected chi connectivity index (χ2v) is 5.20. The third-order valence-electron chi connectivity index (χ3n) is 3.21. The molecule has 0 aliphatic carbocycles. The van der Waals surface area contributed by atoms with Gasteiger partial charge in [0.25, 0.3) is 11.6 Å². The van der Waals surface area contributed by atoms with Gasteiger partial charge < -0.3 is 10.6 Å². The maximum atomic E-state index is 11.9. The molecule has 7 nitrogen and oxygen atoms in total. The van der Waals surface area contributed by atoms with E-state index in [1.165, 1.54) is 18.2 Å². The first-order valence-electron chi connectivity index (χ1n) is 7.17. The zero-order chi connectivity index (χ0) is 16.7. The van der Waals surface area contributed by atoms with E-state index in [9.17, 15) is 19.7 Å². The van der Waals surface area contributed by atoms with Crippen LogP contribution < -0.4 is 10.6 Å². The van der Waals surface area contributed by atoms with E-state index in [4.69, 9.17) is 0 Å². The van der Waals surface area contributed by atoms with Crippen molar-refractivity contribution >= 4 is 17.5 Å². The number of aryl methyl sites for hydroxylation is 1. The van der Waals surface area contributed by atoms with Crippen molar-refractivity contribution in [2.45, 2.75) is 39.7 Å². The molecule has 0 fully saturated rings. The van der Waals surface area contributed by atoms with Gasteiger partial charge >= 0.3 is 0 Å². The van der Waals surface area contributed by atoms with Crippen molar-refractivity contribution in [2.75, 3.05) is 6.54 Å². The Morgan fingerprint density at radius 2 is 2.05 bits per heavy atom. The summed E-state index contributed by atoms with van der Waals surface area (Å²) in [6, 6.07) is 4.27. The van der Waals surface area contributed by atoms with Crippen molar-refractivity contribution < 1.29 is 14.5 Å². The summed E-state index contributed by atoms with van der Waals surface area (Å²) in [7, 11) is 0. The zero-order valence-corrected chi connectivity index (χ0v) is 13.0. The molecule has 1 unspecified atom stereocenters. The van der Waals surface area contributed by atoms with Gasteiger partial charge in [-0.25, -0.2) is 0 Å². The molecule has 0 spiro atoms. The van der Waals surface area contributed by atoms with E-state index in [2.05, 4.69) is 10.6 Å². The number of nitrogens with one attached hydrogen (secondary N) is 2. The number of nitro benzene ring substituents is 1. The molecular weight excluding hydrogens is 286 g/mol. The smallest absolute Gasteiger partial charge is 0.273 e. The fourth-order valence-electron chi connectivity index (χ4n) is 2.04. The maximum absolute atomic E-state index is 11.9. The van der Waals surface area contributed by atoms with Crippen LogP contribution in [0.25, 0.3) is 0 Å². The number of carbonyl (C=O) groups is 2. The Hall–Kier alpha value is -2.44. The van der Waals surface area contributed by atoms with Gasteiger partial charge in [-0.15, -0.1) is 0 Å². The van der Waals surface area contributed by atoms with Crippen LogP contribution in [0, 0.1) is 17.0 Å². The number of benzene rings is 1. The average Bonchev–Trinajstić information content (AvgIpc) is 2.45. The molecule has 0 radical (unpaired) electrons. The molecule has 0 aliphatic rings. The van der Waals surface area contributed by atoms with E-state index < -0.39 is 10.8 Å². The summed E-state index contributed by atoms with van der Waals surface area (Å²) >= 11 is 0. The lowest BCUT2D eigenvalue weighted by Crippen LogP contribution is -2.40. The molecule has 1 atom stereocenters. The molecule has 7 heteroatoms. The highest BCUT2D eigenvalue weighted by Gasteiger charge is 2.15. The summed E-state index contributed by atoms with van der Waals surface area (Å²) < 4.78 is 0. The summed E-state index contributed by atoms with van der Waals surface area (Å²) in [4.78, 5) is 33.9. The lowest BCUT2D eigenvalue weighted by atomic mass is 10.1. The number of rotatable bonds is 7. The first-order valence-corrected chi connectivity index (χ1v) is 7.17. The van der Waals surface area contributed by atoms with E-state index in [-0.39, 0.29) is 29.7 Å². The Bertz CT molecular complexity index is 572. The number of carbonyl (C=O) groups excluding carboxylic acids is 2. The molecule has 22 heavy (non-hydrogen) atoms. The fraction of sp³-hybridized carbons (Fsp3) is 0.467. The van der Waals surface area contributed by atoms with Crippen LogP contribution in [0.5, 0.6) is 0 Å². The lowest BCUT2D eigenvalue weighted by molar-refractivity contribution is -0.385. The molecule has 120 valence electrons. The Balaban J connectivity index is 2.61. The van der Waals surface area contributed by atoms with Crippen LogP contribution in [-0.2, 0) is 4.79 Å². The molecule has 1 aromatic rings. The molecule has 2 N–H and O–H groups in total. The van der Waals surface area contributed by atoms with Gasteiger partial charge in [-0.2, -0.15) is 0 Å². The van der Waals surface area contributed by atoms with Crippen LogP contribution >= 0.6 is 0 Å². The van der Waals surface area contributed by atoms with E-state index in [0.717, 1.165) is 12.8 Å². The topological polar surface area (TPSA) is 101 Å². The third-order valence-corrected chi connectivity index (χ3v) is 3.21. The van der Waals surface area contributed by atoms with Gasteiger partial charge in [-0.1, -0.05) is 19.4 Å². The minimum absolute atomic E-state index is 0.0508. The number of amides is 2. The predicted octanol–water partition coefficient (Wildman–Crippen LogP) is 1.94. The fourth-order valence-corrected chi connectivity index (χ4v) is 2.04. The molecular formula is C15H21N3O4. The van der Waals surface area contributed by atoms with Crippen molar-refractivity contribution in [2.24, 2.45) is 0 Å². The number of hydrogen-bond donors (Lipinski definition) is 2. The molecule has 1 aromatic carbocycles. The molecule has 0 aliphatic heterocycles. The molecule has 0 saturated carbocycles. The monoisotopic (exact) mass is 307 g/mol. The number of nitro groups is 1.